The molecule has 0 saturated heterocycles. The maximum atomic E-state index is 12.4. The van der Waals surface area contributed by atoms with Gasteiger partial charge < -0.3 is 20.1 Å². The van der Waals surface area contributed by atoms with Crippen LogP contribution in [0.25, 0.3) is 0 Å². The highest BCUT2D eigenvalue weighted by atomic mass is 16.5. The molecule has 2 aromatic rings. The molecule has 0 fully saturated rings. The van der Waals surface area contributed by atoms with Crippen LogP contribution in [-0.4, -0.2) is 32.7 Å². The Labute approximate surface area is 148 Å². The monoisotopic (exact) mass is 341 g/mol. The number of nitrogens with two attached hydrogens (primary N) is 1. The summed E-state index contributed by atoms with van der Waals surface area (Å²) in [6.07, 6.45) is 1.55. The first kappa shape index (κ1) is 17.3. The Morgan fingerprint density at radius 2 is 1.88 bits per heavy atom. The van der Waals surface area contributed by atoms with Crippen molar-refractivity contribution < 1.29 is 19.6 Å². The first-order chi connectivity index (χ1) is 12.2. The van der Waals surface area contributed by atoms with E-state index in [1.807, 2.05) is 24.3 Å². The van der Waals surface area contributed by atoms with Crippen LogP contribution in [0, 0.1) is 0 Å². The van der Waals surface area contributed by atoms with Gasteiger partial charge in [-0.05, 0) is 29.7 Å². The van der Waals surface area contributed by atoms with E-state index < -0.39 is 0 Å². The Kier molecular flexibility index (Phi) is 5.56. The summed E-state index contributed by atoms with van der Waals surface area (Å²) >= 11 is 0. The third-order valence-corrected chi connectivity index (χ3v) is 4.68. The molecule has 1 amide bonds. The van der Waals surface area contributed by atoms with Gasteiger partial charge >= 0.3 is 0 Å². The van der Waals surface area contributed by atoms with Gasteiger partial charge in [0.15, 0.2) is 17.5 Å². The second-order valence-electron chi connectivity index (χ2n) is 6.25. The number of carbonyl (C=O) groups is 1. The van der Waals surface area contributed by atoms with Gasteiger partial charge in [-0.15, -0.1) is 0 Å². The largest absolute Gasteiger partial charge is 0.493 e. The summed E-state index contributed by atoms with van der Waals surface area (Å²) in [6, 6.07) is 14.1. The number of quaternary nitrogens is 1. The molecule has 1 aliphatic heterocycles. The first-order valence-electron chi connectivity index (χ1n) is 8.60. The summed E-state index contributed by atoms with van der Waals surface area (Å²) in [5, 5.41) is 5.17. The highest BCUT2D eigenvalue weighted by Crippen LogP contribution is 2.27. The number of hydrogen-bond acceptors (Lipinski definition) is 3. The molecule has 0 aliphatic carbocycles. The molecule has 1 atom stereocenters. The lowest BCUT2D eigenvalue weighted by molar-refractivity contribution is -0.695. The van der Waals surface area contributed by atoms with E-state index in [2.05, 4.69) is 28.8 Å². The van der Waals surface area contributed by atoms with Crippen LogP contribution in [0.1, 0.15) is 16.7 Å². The van der Waals surface area contributed by atoms with Crippen LogP contribution in [0.5, 0.6) is 11.5 Å². The van der Waals surface area contributed by atoms with Crippen molar-refractivity contribution in [3.63, 3.8) is 0 Å². The summed E-state index contributed by atoms with van der Waals surface area (Å²) in [4.78, 5) is 12.4. The number of methoxy groups -OCH3 is 2. The van der Waals surface area contributed by atoms with E-state index in [9.17, 15) is 4.79 Å². The van der Waals surface area contributed by atoms with Gasteiger partial charge in [0.25, 0.3) is 5.91 Å². The van der Waals surface area contributed by atoms with Crippen molar-refractivity contribution in [2.24, 2.45) is 0 Å². The lowest BCUT2D eigenvalue weighted by atomic mass is 9.95. The number of ether oxygens (including phenoxy) is 2. The maximum Gasteiger partial charge on any atom is 0.278 e. The lowest BCUT2D eigenvalue weighted by Crippen LogP contribution is -2.93. The number of fused-ring (bicyclic) bond motifs is 1. The average Bonchev–Trinajstić information content (AvgIpc) is 2.67. The Hall–Kier alpha value is -2.53. The standard InChI is InChI=1S/C20H24N2O3/c1-24-18-8-7-14(11-19(18)25-2)9-10-21-20(23)17-12-15-5-3-4-6-16(15)13-22-17/h3-8,11,17,22H,9-10,12-13H2,1-2H3,(H,21,23)/p+1/t17-/m0/s1. The molecule has 25 heavy (non-hydrogen) atoms. The van der Waals surface area contributed by atoms with E-state index in [0.717, 1.165) is 24.9 Å². The number of rotatable bonds is 6. The van der Waals surface area contributed by atoms with Crippen LogP contribution in [0.3, 0.4) is 0 Å². The van der Waals surface area contributed by atoms with Crippen molar-refractivity contribution in [2.45, 2.75) is 25.4 Å². The van der Waals surface area contributed by atoms with E-state index in [0.29, 0.717) is 18.0 Å². The molecule has 5 nitrogen and oxygen atoms in total. The highest BCUT2D eigenvalue weighted by molar-refractivity contribution is 5.80. The van der Waals surface area contributed by atoms with E-state index in [4.69, 9.17) is 9.47 Å². The van der Waals surface area contributed by atoms with Gasteiger partial charge in [0.2, 0.25) is 0 Å². The van der Waals surface area contributed by atoms with Crippen LogP contribution in [0.15, 0.2) is 42.5 Å². The molecule has 3 N–H and O–H groups in total. The molecule has 1 aliphatic rings. The fourth-order valence-corrected chi connectivity index (χ4v) is 3.24. The number of amides is 1. The van der Waals surface area contributed by atoms with Crippen LogP contribution in [0.2, 0.25) is 0 Å². The van der Waals surface area contributed by atoms with Crippen molar-refractivity contribution in [3.8, 4) is 11.5 Å². The lowest BCUT2D eigenvalue weighted by Gasteiger charge is -2.22. The summed E-state index contributed by atoms with van der Waals surface area (Å²) in [7, 11) is 3.25. The van der Waals surface area contributed by atoms with E-state index in [1.165, 1.54) is 11.1 Å². The van der Waals surface area contributed by atoms with E-state index >= 15 is 0 Å². The third-order valence-electron chi connectivity index (χ3n) is 4.68. The minimum absolute atomic E-state index is 0.0414. The van der Waals surface area contributed by atoms with Gasteiger partial charge in [-0.25, -0.2) is 0 Å². The minimum Gasteiger partial charge on any atom is -0.493 e. The van der Waals surface area contributed by atoms with Crippen molar-refractivity contribution >= 4 is 5.91 Å². The maximum absolute atomic E-state index is 12.4. The zero-order chi connectivity index (χ0) is 17.6. The van der Waals surface area contributed by atoms with Gasteiger partial charge in [-0.3, -0.25) is 4.79 Å². The van der Waals surface area contributed by atoms with E-state index in [1.54, 1.807) is 14.2 Å². The molecule has 0 spiro atoms. The highest BCUT2D eigenvalue weighted by Gasteiger charge is 2.27. The Bertz CT molecular complexity index is 745. The van der Waals surface area contributed by atoms with Crippen LogP contribution < -0.4 is 20.1 Å². The van der Waals surface area contributed by atoms with Crippen molar-refractivity contribution in [1.82, 2.24) is 5.32 Å². The molecule has 0 saturated carbocycles. The van der Waals surface area contributed by atoms with Crippen LogP contribution in [-0.2, 0) is 24.2 Å². The zero-order valence-electron chi connectivity index (χ0n) is 14.7. The van der Waals surface area contributed by atoms with Crippen molar-refractivity contribution in [1.29, 1.82) is 0 Å². The Balaban J connectivity index is 1.52. The average molecular weight is 341 g/mol. The molecular formula is C20H25N2O3+. The summed E-state index contributed by atoms with van der Waals surface area (Å²) in [6.45, 7) is 1.48. The molecule has 0 unspecified atom stereocenters. The minimum atomic E-state index is -0.0414. The molecule has 2 aromatic carbocycles. The number of nitrogens with one attached hydrogen (secondary N) is 1. The zero-order valence-corrected chi connectivity index (χ0v) is 14.7. The van der Waals surface area contributed by atoms with Crippen molar-refractivity contribution in [3.05, 3.63) is 59.2 Å². The van der Waals surface area contributed by atoms with Crippen LogP contribution in [0.4, 0.5) is 0 Å². The molecule has 132 valence electrons. The summed E-state index contributed by atoms with van der Waals surface area (Å²) in [5.74, 6) is 1.53. The predicted molar refractivity (Wildman–Crippen MR) is 95.8 cm³/mol. The number of carbonyl (C=O) groups excluding carboxylic acids is 1. The second-order valence-corrected chi connectivity index (χ2v) is 6.25. The quantitative estimate of drug-likeness (QED) is 0.826. The van der Waals surface area contributed by atoms with Gasteiger partial charge in [-0.2, -0.15) is 0 Å². The smallest absolute Gasteiger partial charge is 0.278 e. The van der Waals surface area contributed by atoms with Gasteiger partial charge in [0.1, 0.15) is 6.54 Å². The Morgan fingerprint density at radius 3 is 2.64 bits per heavy atom. The molecule has 0 bridgehead atoms. The summed E-state index contributed by atoms with van der Waals surface area (Å²) in [5.41, 5.74) is 3.72. The summed E-state index contributed by atoms with van der Waals surface area (Å²) < 4.78 is 10.6. The van der Waals surface area contributed by atoms with Crippen LogP contribution >= 0.6 is 0 Å². The fraction of sp³-hybridized carbons (Fsp3) is 0.350. The molecule has 3 rings (SSSR count). The second kappa shape index (κ2) is 8.03. The third kappa shape index (κ3) is 4.12. The topological polar surface area (TPSA) is 64.2 Å². The van der Waals surface area contributed by atoms with Gasteiger partial charge in [0, 0.05) is 18.5 Å². The number of hydrogen-bond donors (Lipinski definition) is 2. The Morgan fingerprint density at radius 1 is 1.12 bits per heavy atom. The van der Waals surface area contributed by atoms with Gasteiger partial charge in [-0.1, -0.05) is 30.3 Å². The molecule has 5 heteroatoms. The molecule has 1 heterocycles. The fourth-order valence-electron chi connectivity index (χ4n) is 3.24. The predicted octanol–water partition coefficient (Wildman–Crippen LogP) is 1.05. The number of benzene rings is 2. The van der Waals surface area contributed by atoms with Crippen molar-refractivity contribution in [2.75, 3.05) is 20.8 Å². The SMILES string of the molecule is COc1ccc(CCNC(=O)[C@@H]2Cc3ccccc3C[NH2+]2)cc1OC. The normalized spacial score (nSPS) is 16.0. The van der Waals surface area contributed by atoms with Gasteiger partial charge in [0.05, 0.1) is 14.2 Å². The molecule has 0 aromatic heterocycles. The molecular weight excluding hydrogens is 316 g/mol. The van der Waals surface area contributed by atoms with E-state index in [-0.39, 0.29) is 11.9 Å². The first-order valence-corrected chi connectivity index (χ1v) is 8.60. The molecule has 0 radical (unpaired) electrons.